The van der Waals surface area contributed by atoms with Crippen LogP contribution in [0.3, 0.4) is 0 Å². The summed E-state index contributed by atoms with van der Waals surface area (Å²) in [7, 11) is 0. The zero-order valence-electron chi connectivity index (χ0n) is 14.1. The van der Waals surface area contributed by atoms with Crippen molar-refractivity contribution >= 4 is 12.1 Å². The third-order valence-corrected chi connectivity index (χ3v) is 3.21. The molecule has 0 radical (unpaired) electrons. The topological polar surface area (TPSA) is 96.9 Å². The van der Waals surface area contributed by atoms with Gasteiger partial charge < -0.3 is 19.9 Å². The molecular weight excluding hydrogens is 288 g/mol. The first-order valence-corrected chi connectivity index (χ1v) is 7.58. The van der Waals surface area contributed by atoms with Crippen LogP contribution in [-0.2, 0) is 14.3 Å². The summed E-state index contributed by atoms with van der Waals surface area (Å²) in [4.78, 5) is 23.1. The molecule has 0 aromatic rings. The van der Waals surface area contributed by atoms with E-state index in [2.05, 4.69) is 10.6 Å². The fraction of sp³-hybridized carbons (Fsp3) is 0.867. The number of rotatable bonds is 7. The Morgan fingerprint density at radius 1 is 1.32 bits per heavy atom. The Labute approximate surface area is 131 Å². The minimum absolute atomic E-state index is 0.255. The fourth-order valence-corrected chi connectivity index (χ4v) is 2.20. The first-order chi connectivity index (χ1) is 10.0. The molecule has 1 aliphatic heterocycles. The first-order valence-electron chi connectivity index (χ1n) is 7.58. The van der Waals surface area contributed by atoms with Crippen molar-refractivity contribution in [2.24, 2.45) is 5.92 Å². The third-order valence-electron chi connectivity index (χ3n) is 3.21. The van der Waals surface area contributed by atoms with Crippen molar-refractivity contribution < 1.29 is 24.2 Å². The van der Waals surface area contributed by atoms with E-state index in [0.29, 0.717) is 19.6 Å². The van der Waals surface area contributed by atoms with E-state index in [1.54, 1.807) is 20.8 Å². The fourth-order valence-electron chi connectivity index (χ4n) is 2.20. The normalized spacial score (nSPS) is 18.5. The van der Waals surface area contributed by atoms with Crippen LogP contribution in [0.25, 0.3) is 0 Å². The van der Waals surface area contributed by atoms with Gasteiger partial charge in [-0.3, -0.25) is 10.1 Å². The molecule has 1 aliphatic rings. The maximum Gasteiger partial charge on any atom is 0.407 e. The molecule has 1 atom stereocenters. The van der Waals surface area contributed by atoms with Gasteiger partial charge in [-0.05, 0) is 33.1 Å². The summed E-state index contributed by atoms with van der Waals surface area (Å²) < 4.78 is 10.4. The molecule has 1 amide bonds. The zero-order chi connectivity index (χ0) is 17.0. The molecule has 7 heteroatoms. The van der Waals surface area contributed by atoms with Gasteiger partial charge in [0.15, 0.2) is 0 Å². The van der Waals surface area contributed by atoms with Gasteiger partial charge in [0.05, 0.1) is 18.8 Å². The Hall–Kier alpha value is -1.34. The van der Waals surface area contributed by atoms with Crippen LogP contribution in [0.15, 0.2) is 0 Å². The van der Waals surface area contributed by atoms with E-state index in [-0.39, 0.29) is 12.5 Å². The van der Waals surface area contributed by atoms with Gasteiger partial charge in [0.25, 0.3) is 0 Å². The Morgan fingerprint density at radius 2 is 1.91 bits per heavy atom. The van der Waals surface area contributed by atoms with Crippen molar-refractivity contribution in [3.8, 4) is 0 Å². The second-order valence-electron chi connectivity index (χ2n) is 7.29. The van der Waals surface area contributed by atoms with E-state index < -0.39 is 29.2 Å². The second kappa shape index (κ2) is 7.28. The van der Waals surface area contributed by atoms with Crippen LogP contribution in [-0.4, -0.2) is 54.1 Å². The SMILES string of the molecule is CC(C)C[C@H](NC1(CNC(=O)OC(C)(C)C)COC1)C(=O)O. The first kappa shape index (κ1) is 18.7. The zero-order valence-corrected chi connectivity index (χ0v) is 14.1. The number of alkyl carbamates (subject to hydrolysis) is 1. The van der Waals surface area contributed by atoms with Gasteiger partial charge in [-0.1, -0.05) is 13.8 Å². The lowest BCUT2D eigenvalue weighted by molar-refractivity contribution is -0.143. The standard InChI is InChI=1S/C15H28N2O5/c1-10(2)6-11(12(18)19)17-15(8-21-9-15)7-16-13(20)22-14(3,4)5/h10-11,17H,6-9H2,1-5H3,(H,16,20)(H,18,19)/t11-/m0/s1. The predicted octanol–water partition coefficient (Wildman–Crippen LogP) is 1.37. The van der Waals surface area contributed by atoms with E-state index in [9.17, 15) is 14.7 Å². The molecule has 3 N–H and O–H groups in total. The molecular formula is C15H28N2O5. The van der Waals surface area contributed by atoms with Crippen LogP contribution in [0.1, 0.15) is 41.0 Å². The molecule has 0 saturated carbocycles. The second-order valence-corrected chi connectivity index (χ2v) is 7.29. The van der Waals surface area contributed by atoms with Crippen LogP contribution in [0.2, 0.25) is 0 Å². The summed E-state index contributed by atoms with van der Waals surface area (Å²) in [5, 5.41) is 15.1. The van der Waals surface area contributed by atoms with E-state index >= 15 is 0 Å². The van der Waals surface area contributed by atoms with Crippen LogP contribution >= 0.6 is 0 Å². The number of carbonyl (C=O) groups is 2. The molecule has 0 aliphatic carbocycles. The number of carbonyl (C=O) groups excluding carboxylic acids is 1. The maximum absolute atomic E-state index is 11.7. The van der Waals surface area contributed by atoms with Gasteiger partial charge in [-0.2, -0.15) is 0 Å². The molecule has 1 fully saturated rings. The number of hydrogen-bond donors (Lipinski definition) is 3. The average molecular weight is 316 g/mol. The summed E-state index contributed by atoms with van der Waals surface area (Å²) in [6, 6.07) is -0.663. The monoisotopic (exact) mass is 316 g/mol. The summed E-state index contributed by atoms with van der Waals surface area (Å²) in [6.07, 6.45) is 0.0000759. The molecule has 1 saturated heterocycles. The van der Waals surface area contributed by atoms with Gasteiger partial charge in [0.2, 0.25) is 0 Å². The molecule has 0 spiro atoms. The van der Waals surface area contributed by atoms with Crippen LogP contribution in [0.4, 0.5) is 4.79 Å². The van der Waals surface area contributed by atoms with Crippen molar-refractivity contribution in [1.29, 1.82) is 0 Å². The van der Waals surface area contributed by atoms with Gasteiger partial charge in [0, 0.05) is 6.54 Å². The lowest BCUT2D eigenvalue weighted by atomic mass is 9.93. The number of hydrogen-bond acceptors (Lipinski definition) is 5. The molecule has 0 unspecified atom stereocenters. The molecule has 22 heavy (non-hydrogen) atoms. The molecule has 0 aromatic carbocycles. The Kier molecular flexibility index (Phi) is 6.19. The molecule has 1 heterocycles. The van der Waals surface area contributed by atoms with Crippen LogP contribution < -0.4 is 10.6 Å². The highest BCUT2D eigenvalue weighted by molar-refractivity contribution is 5.73. The molecule has 0 aromatic heterocycles. The van der Waals surface area contributed by atoms with Crippen molar-refractivity contribution in [1.82, 2.24) is 10.6 Å². The average Bonchev–Trinajstić information content (AvgIpc) is 2.27. The predicted molar refractivity (Wildman–Crippen MR) is 81.8 cm³/mol. The number of ether oxygens (including phenoxy) is 2. The van der Waals surface area contributed by atoms with Gasteiger partial charge >= 0.3 is 12.1 Å². The van der Waals surface area contributed by atoms with Crippen LogP contribution in [0.5, 0.6) is 0 Å². The van der Waals surface area contributed by atoms with E-state index in [0.717, 1.165) is 0 Å². The smallest absolute Gasteiger partial charge is 0.407 e. The number of carboxylic acid groups (broad SMARTS) is 1. The number of nitrogens with one attached hydrogen (secondary N) is 2. The largest absolute Gasteiger partial charge is 0.480 e. The summed E-state index contributed by atoms with van der Waals surface area (Å²) in [5.74, 6) is -0.636. The maximum atomic E-state index is 11.7. The van der Waals surface area contributed by atoms with Gasteiger partial charge in [0.1, 0.15) is 11.6 Å². The van der Waals surface area contributed by atoms with Crippen LogP contribution in [0, 0.1) is 5.92 Å². The Bertz CT molecular complexity index is 399. The third kappa shape index (κ3) is 6.19. The van der Waals surface area contributed by atoms with E-state index in [4.69, 9.17) is 9.47 Å². The Balaban J connectivity index is 2.57. The highest BCUT2D eigenvalue weighted by Gasteiger charge is 2.42. The highest BCUT2D eigenvalue weighted by atomic mass is 16.6. The molecule has 1 rings (SSSR count). The molecule has 0 bridgehead atoms. The number of amides is 1. The number of aliphatic carboxylic acids is 1. The van der Waals surface area contributed by atoms with E-state index in [1.165, 1.54) is 0 Å². The van der Waals surface area contributed by atoms with Crippen molar-refractivity contribution in [2.45, 2.75) is 58.2 Å². The summed E-state index contributed by atoms with van der Waals surface area (Å²) >= 11 is 0. The minimum atomic E-state index is -0.891. The Morgan fingerprint density at radius 3 is 2.27 bits per heavy atom. The van der Waals surface area contributed by atoms with Crippen molar-refractivity contribution in [3.63, 3.8) is 0 Å². The quantitative estimate of drug-likeness (QED) is 0.656. The summed E-state index contributed by atoms with van der Waals surface area (Å²) in [5.41, 5.74) is -1.11. The lowest BCUT2D eigenvalue weighted by Crippen LogP contribution is -2.69. The van der Waals surface area contributed by atoms with Gasteiger partial charge in [-0.15, -0.1) is 0 Å². The molecule has 128 valence electrons. The van der Waals surface area contributed by atoms with E-state index in [1.807, 2.05) is 13.8 Å². The van der Waals surface area contributed by atoms with Crippen molar-refractivity contribution in [2.75, 3.05) is 19.8 Å². The number of carboxylic acids is 1. The molecule has 7 nitrogen and oxygen atoms in total. The van der Waals surface area contributed by atoms with Crippen molar-refractivity contribution in [3.05, 3.63) is 0 Å². The van der Waals surface area contributed by atoms with Gasteiger partial charge in [-0.25, -0.2) is 4.79 Å². The minimum Gasteiger partial charge on any atom is -0.480 e. The highest BCUT2D eigenvalue weighted by Crippen LogP contribution is 2.19. The lowest BCUT2D eigenvalue weighted by Gasteiger charge is -2.44. The summed E-state index contributed by atoms with van der Waals surface area (Å²) in [6.45, 7) is 10.3.